The van der Waals surface area contributed by atoms with Gasteiger partial charge in [0.1, 0.15) is 0 Å². The summed E-state index contributed by atoms with van der Waals surface area (Å²) in [5.41, 5.74) is -0.315. The topological polar surface area (TPSA) is 133 Å². The smallest absolute Gasteiger partial charge is 0.276 e. The van der Waals surface area contributed by atoms with Crippen molar-refractivity contribution in [3.63, 3.8) is 0 Å². The molecule has 5 aromatic rings. The highest BCUT2D eigenvalue weighted by molar-refractivity contribution is 7.91. The quantitative estimate of drug-likeness (QED) is 0.0942. The zero-order chi connectivity index (χ0) is 29.2. The van der Waals surface area contributed by atoms with E-state index in [4.69, 9.17) is 0 Å². The van der Waals surface area contributed by atoms with Gasteiger partial charge in [-0.2, -0.15) is 0 Å². The number of carbonyl (C=O) groups is 1. The molecule has 0 saturated heterocycles. The summed E-state index contributed by atoms with van der Waals surface area (Å²) in [7, 11) is -8.48. The van der Waals surface area contributed by atoms with E-state index in [2.05, 4.69) is 0 Å². The number of hydrogen-bond acceptors (Lipinski definition) is 7. The number of ketones is 1. The predicted molar refractivity (Wildman–Crippen MR) is 155 cm³/mol. The Morgan fingerprint density at radius 2 is 1.32 bits per heavy atom. The first-order valence-corrected chi connectivity index (χ1v) is 15.4. The van der Waals surface area contributed by atoms with Crippen molar-refractivity contribution in [1.29, 1.82) is 0 Å². The van der Waals surface area contributed by atoms with Gasteiger partial charge in [0, 0.05) is 11.5 Å². The number of allylic oxidation sites excluding steroid dienone is 1. The van der Waals surface area contributed by atoms with Crippen molar-refractivity contribution < 1.29 is 26.6 Å². The molecular formula is C30H22N2O7S2. The van der Waals surface area contributed by atoms with Gasteiger partial charge < -0.3 is 0 Å². The van der Waals surface area contributed by atoms with E-state index in [0.29, 0.717) is 0 Å². The van der Waals surface area contributed by atoms with Crippen molar-refractivity contribution in [2.75, 3.05) is 0 Å². The zero-order valence-corrected chi connectivity index (χ0v) is 23.0. The fraction of sp³-hybridized carbons (Fsp3) is 0.0333. The second kappa shape index (κ2) is 11.0. The number of hydrogen-bond donors (Lipinski definition) is 0. The molecule has 11 heteroatoms. The molecule has 0 amide bonds. The molecule has 41 heavy (non-hydrogen) atoms. The number of nitro groups is 1. The van der Waals surface area contributed by atoms with Gasteiger partial charge in [0.2, 0.25) is 0 Å². The molecule has 1 aromatic heterocycles. The van der Waals surface area contributed by atoms with E-state index in [1.807, 2.05) is 0 Å². The third-order valence-corrected chi connectivity index (χ3v) is 9.84. The minimum atomic E-state index is -4.36. The van der Waals surface area contributed by atoms with Crippen LogP contribution in [0, 0.1) is 10.1 Å². The lowest BCUT2D eigenvalue weighted by Crippen LogP contribution is -2.19. The monoisotopic (exact) mass is 586 g/mol. The first-order chi connectivity index (χ1) is 19.6. The van der Waals surface area contributed by atoms with Gasteiger partial charge in [0.25, 0.3) is 15.7 Å². The Bertz CT molecular complexity index is 2030. The summed E-state index contributed by atoms with van der Waals surface area (Å²) in [6.07, 6.45) is 2.34. The maximum Gasteiger partial charge on any atom is 0.276 e. The number of fused-ring (bicyclic) bond motifs is 1. The van der Waals surface area contributed by atoms with Crippen molar-refractivity contribution in [1.82, 2.24) is 3.97 Å². The van der Waals surface area contributed by atoms with E-state index in [0.717, 1.165) is 10.0 Å². The Kier molecular flexibility index (Phi) is 7.40. The Labute approximate surface area is 236 Å². The van der Waals surface area contributed by atoms with Crippen LogP contribution in [0.2, 0.25) is 0 Å². The molecule has 0 radical (unpaired) electrons. The number of benzene rings is 4. The van der Waals surface area contributed by atoms with Crippen LogP contribution in [-0.2, 0) is 25.6 Å². The molecule has 0 spiro atoms. The average molecular weight is 587 g/mol. The van der Waals surface area contributed by atoms with E-state index in [1.165, 1.54) is 60.7 Å². The largest absolute Gasteiger partial charge is 0.289 e. The Morgan fingerprint density at radius 3 is 1.98 bits per heavy atom. The molecule has 0 aliphatic rings. The number of sulfone groups is 1. The molecule has 0 bridgehead atoms. The third-order valence-electron chi connectivity index (χ3n) is 6.43. The number of nitrogens with zero attached hydrogens (tertiary/aromatic N) is 2. The van der Waals surface area contributed by atoms with Crippen LogP contribution in [0.3, 0.4) is 0 Å². The van der Waals surface area contributed by atoms with Gasteiger partial charge in [-0.15, -0.1) is 0 Å². The standard InChI is InChI=1S/C30H22N2O7S2/c33-29(20-19-22-11-7-9-17-26(22)32(34)35)30-25-16-8-10-18-27(25)31(41(38,39)24-14-5-2-6-15-24)28(30)21-40(36,37)23-12-3-1-4-13-23/h1-20H,21H2/b20-19+. The van der Waals surface area contributed by atoms with Gasteiger partial charge in [0.05, 0.1) is 42.8 Å². The first kappa shape index (κ1) is 27.7. The zero-order valence-electron chi connectivity index (χ0n) is 21.3. The predicted octanol–water partition coefficient (Wildman–Crippen LogP) is 5.66. The fourth-order valence-corrected chi connectivity index (χ4v) is 7.61. The van der Waals surface area contributed by atoms with Crippen LogP contribution >= 0.6 is 0 Å². The molecule has 0 atom stereocenters. The molecule has 0 fully saturated rings. The molecule has 0 N–H and O–H groups in total. The molecule has 0 unspecified atom stereocenters. The van der Waals surface area contributed by atoms with Crippen LogP contribution in [-0.4, -0.2) is 31.5 Å². The third kappa shape index (κ3) is 5.32. The Balaban J connectivity index is 1.77. The normalized spacial score (nSPS) is 12.1. The van der Waals surface area contributed by atoms with E-state index < -0.39 is 36.3 Å². The summed E-state index contributed by atoms with van der Waals surface area (Å²) in [6, 6.07) is 27.1. The highest BCUT2D eigenvalue weighted by Crippen LogP contribution is 2.34. The molecule has 0 aliphatic heterocycles. The lowest BCUT2D eigenvalue weighted by molar-refractivity contribution is -0.385. The summed E-state index contributed by atoms with van der Waals surface area (Å²) in [6.45, 7) is 0. The lowest BCUT2D eigenvalue weighted by atomic mass is 10.0. The molecule has 5 rings (SSSR count). The van der Waals surface area contributed by atoms with E-state index in [-0.39, 0.29) is 43.2 Å². The van der Waals surface area contributed by atoms with Gasteiger partial charge in [-0.25, -0.2) is 20.8 Å². The highest BCUT2D eigenvalue weighted by atomic mass is 32.2. The SMILES string of the molecule is O=C(/C=C/c1ccccc1[N+](=O)[O-])c1c(CS(=O)(=O)c2ccccc2)n(S(=O)(=O)c2ccccc2)c2ccccc12. The number of aromatic nitrogens is 1. The minimum Gasteiger partial charge on any atom is -0.289 e. The van der Waals surface area contributed by atoms with Crippen LogP contribution in [0.25, 0.3) is 17.0 Å². The van der Waals surface area contributed by atoms with Crippen molar-refractivity contribution in [3.05, 3.63) is 142 Å². The Hall–Kier alpha value is -4.87. The van der Waals surface area contributed by atoms with Gasteiger partial charge in [-0.1, -0.05) is 66.7 Å². The molecular weight excluding hydrogens is 564 g/mol. The molecule has 1 heterocycles. The fourth-order valence-electron chi connectivity index (χ4n) is 4.58. The lowest BCUT2D eigenvalue weighted by Gasteiger charge is -2.13. The second-order valence-electron chi connectivity index (χ2n) is 9.01. The van der Waals surface area contributed by atoms with Crippen LogP contribution in [0.4, 0.5) is 5.69 Å². The number of rotatable bonds is 9. The molecule has 9 nitrogen and oxygen atoms in total. The molecule has 0 aliphatic carbocycles. The van der Waals surface area contributed by atoms with Crippen LogP contribution < -0.4 is 0 Å². The van der Waals surface area contributed by atoms with Crippen molar-refractivity contribution in [2.24, 2.45) is 0 Å². The summed E-state index contributed by atoms with van der Waals surface area (Å²) < 4.78 is 56.0. The minimum absolute atomic E-state index is 0.0391. The Morgan fingerprint density at radius 1 is 0.756 bits per heavy atom. The molecule has 206 valence electrons. The van der Waals surface area contributed by atoms with E-state index in [9.17, 15) is 31.7 Å². The summed E-state index contributed by atoms with van der Waals surface area (Å²) in [5.74, 6) is -1.50. The van der Waals surface area contributed by atoms with Crippen molar-refractivity contribution >= 4 is 48.3 Å². The van der Waals surface area contributed by atoms with Crippen LogP contribution in [0.15, 0.2) is 125 Å². The maximum atomic E-state index is 14.0. The summed E-state index contributed by atoms with van der Waals surface area (Å²) >= 11 is 0. The highest BCUT2D eigenvalue weighted by Gasteiger charge is 2.32. The van der Waals surface area contributed by atoms with Gasteiger partial charge in [0.15, 0.2) is 15.6 Å². The van der Waals surface area contributed by atoms with E-state index in [1.54, 1.807) is 54.6 Å². The maximum absolute atomic E-state index is 14.0. The number of carbonyl (C=O) groups excluding carboxylic acids is 1. The first-order valence-electron chi connectivity index (χ1n) is 12.3. The van der Waals surface area contributed by atoms with Crippen LogP contribution in [0.1, 0.15) is 21.6 Å². The van der Waals surface area contributed by atoms with Gasteiger partial charge in [-0.05, 0) is 48.6 Å². The van der Waals surface area contributed by atoms with Gasteiger partial charge in [-0.3, -0.25) is 14.9 Å². The van der Waals surface area contributed by atoms with Crippen molar-refractivity contribution in [3.8, 4) is 0 Å². The van der Waals surface area contributed by atoms with Crippen LogP contribution in [0.5, 0.6) is 0 Å². The number of nitro benzene ring substituents is 1. The summed E-state index contributed by atoms with van der Waals surface area (Å²) in [5, 5.41) is 11.7. The summed E-state index contributed by atoms with van der Waals surface area (Å²) in [4.78, 5) is 24.5. The molecule has 4 aromatic carbocycles. The van der Waals surface area contributed by atoms with E-state index >= 15 is 0 Å². The average Bonchev–Trinajstić information content (AvgIpc) is 3.30. The second-order valence-corrected chi connectivity index (χ2v) is 12.8. The molecule has 0 saturated carbocycles. The number of para-hydroxylation sites is 2. The van der Waals surface area contributed by atoms with Gasteiger partial charge >= 0.3 is 0 Å². The van der Waals surface area contributed by atoms with Crippen molar-refractivity contribution in [2.45, 2.75) is 15.5 Å².